The SMILES string of the molecule is Cc1cc(=O)n(C(CC(C)C)C(=O)NC(CC(=O)O)c2cc(-c3c(C)cccc3C)cc(C)c2F)cc1CCN1CC[C@@H](F)C1. The van der Waals surface area contributed by atoms with Gasteiger partial charge in [0.05, 0.1) is 12.5 Å². The molecule has 242 valence electrons. The van der Waals surface area contributed by atoms with E-state index in [2.05, 4.69) is 10.2 Å². The third-order valence-electron chi connectivity index (χ3n) is 8.76. The summed E-state index contributed by atoms with van der Waals surface area (Å²) in [4.78, 5) is 41.4. The summed E-state index contributed by atoms with van der Waals surface area (Å²) in [5, 5.41) is 12.6. The van der Waals surface area contributed by atoms with Crippen molar-refractivity contribution in [3.8, 4) is 11.1 Å². The summed E-state index contributed by atoms with van der Waals surface area (Å²) in [5.41, 5.74) is 5.39. The lowest BCUT2D eigenvalue weighted by atomic mass is 9.90. The Balaban J connectivity index is 1.70. The number of benzene rings is 2. The van der Waals surface area contributed by atoms with Crippen LogP contribution in [0.3, 0.4) is 0 Å². The van der Waals surface area contributed by atoms with Crippen molar-refractivity contribution in [2.24, 2.45) is 5.92 Å². The highest BCUT2D eigenvalue weighted by Crippen LogP contribution is 2.33. The fourth-order valence-corrected chi connectivity index (χ4v) is 6.40. The highest BCUT2D eigenvalue weighted by atomic mass is 19.1. The van der Waals surface area contributed by atoms with Gasteiger partial charge in [-0.2, -0.15) is 0 Å². The van der Waals surface area contributed by atoms with Crippen molar-refractivity contribution in [2.45, 2.75) is 85.5 Å². The Labute approximate surface area is 264 Å². The van der Waals surface area contributed by atoms with Crippen LogP contribution in [-0.4, -0.2) is 52.3 Å². The quantitative estimate of drug-likeness (QED) is 0.245. The Morgan fingerprint density at radius 3 is 2.33 bits per heavy atom. The Morgan fingerprint density at radius 1 is 1.04 bits per heavy atom. The van der Waals surface area contributed by atoms with Crippen LogP contribution in [0, 0.1) is 39.4 Å². The number of nitrogens with zero attached hydrogens (tertiary/aromatic N) is 2. The number of carboxylic acid groups (broad SMARTS) is 1. The van der Waals surface area contributed by atoms with Crippen LogP contribution in [0.4, 0.5) is 8.78 Å². The van der Waals surface area contributed by atoms with Crippen LogP contribution in [0.2, 0.25) is 0 Å². The zero-order valence-corrected chi connectivity index (χ0v) is 27.1. The second kappa shape index (κ2) is 14.5. The first kappa shape index (κ1) is 34.0. The molecule has 1 amide bonds. The number of hydrogen-bond acceptors (Lipinski definition) is 4. The fourth-order valence-electron chi connectivity index (χ4n) is 6.40. The molecule has 45 heavy (non-hydrogen) atoms. The molecule has 1 fully saturated rings. The van der Waals surface area contributed by atoms with Crippen LogP contribution in [0.5, 0.6) is 0 Å². The van der Waals surface area contributed by atoms with Gasteiger partial charge < -0.3 is 19.9 Å². The molecular weight excluding hydrogens is 576 g/mol. The van der Waals surface area contributed by atoms with Crippen molar-refractivity contribution >= 4 is 11.9 Å². The molecule has 1 aliphatic rings. The normalized spacial score (nSPS) is 16.6. The zero-order chi connectivity index (χ0) is 33.0. The minimum atomic E-state index is -1.19. The number of nitrogens with one attached hydrogen (secondary N) is 1. The molecule has 2 heterocycles. The highest BCUT2D eigenvalue weighted by molar-refractivity contribution is 5.82. The maximum Gasteiger partial charge on any atom is 0.305 e. The van der Waals surface area contributed by atoms with E-state index in [0.29, 0.717) is 44.5 Å². The van der Waals surface area contributed by atoms with E-state index < -0.39 is 42.4 Å². The van der Waals surface area contributed by atoms with Gasteiger partial charge in [0, 0.05) is 37.5 Å². The van der Waals surface area contributed by atoms with E-state index in [1.54, 1.807) is 25.3 Å². The van der Waals surface area contributed by atoms with Gasteiger partial charge >= 0.3 is 5.97 Å². The summed E-state index contributed by atoms with van der Waals surface area (Å²) in [6.07, 6.45) is 1.76. The summed E-state index contributed by atoms with van der Waals surface area (Å²) in [5.74, 6) is -2.31. The van der Waals surface area contributed by atoms with E-state index in [1.165, 1.54) is 10.6 Å². The van der Waals surface area contributed by atoms with Crippen molar-refractivity contribution < 1.29 is 23.5 Å². The number of likely N-dealkylation sites (tertiary alicyclic amines) is 1. The highest BCUT2D eigenvalue weighted by Gasteiger charge is 2.30. The summed E-state index contributed by atoms with van der Waals surface area (Å²) in [6.45, 7) is 13.0. The molecule has 1 aliphatic heterocycles. The first-order chi connectivity index (χ1) is 21.2. The summed E-state index contributed by atoms with van der Waals surface area (Å²) >= 11 is 0. The van der Waals surface area contributed by atoms with E-state index in [-0.39, 0.29) is 17.0 Å². The fraction of sp³-hybridized carbons (Fsp3) is 0.472. The molecule has 3 atom stereocenters. The van der Waals surface area contributed by atoms with Crippen LogP contribution >= 0.6 is 0 Å². The standard InChI is InChI=1S/C36H45F2N3O4/c1-21(2)14-31(41-19-26(24(5)16-32(41)42)10-12-40-13-11-28(37)20-40)36(45)39-30(18-33(43)44)29-17-27(15-25(6)35(29)38)34-22(3)8-7-9-23(34)4/h7-9,15-17,19,21,28,30-31H,10-14,18,20H2,1-6H3,(H,39,45)(H,43,44)/t28-,30?,31?/m1/s1. The molecule has 0 spiro atoms. The van der Waals surface area contributed by atoms with Gasteiger partial charge in [0.2, 0.25) is 5.91 Å². The lowest BCUT2D eigenvalue weighted by Gasteiger charge is -2.26. The number of aryl methyl sites for hydroxylation is 4. The van der Waals surface area contributed by atoms with Crippen LogP contribution in [0.25, 0.3) is 11.1 Å². The third-order valence-corrected chi connectivity index (χ3v) is 8.76. The molecule has 2 unspecified atom stereocenters. The maximum atomic E-state index is 15.8. The van der Waals surface area contributed by atoms with Crippen molar-refractivity contribution in [3.05, 3.63) is 92.1 Å². The predicted octanol–water partition coefficient (Wildman–Crippen LogP) is 6.39. The summed E-state index contributed by atoms with van der Waals surface area (Å²) in [6, 6.07) is 8.62. The number of amides is 1. The smallest absolute Gasteiger partial charge is 0.305 e. The van der Waals surface area contributed by atoms with E-state index in [1.807, 2.05) is 52.8 Å². The predicted molar refractivity (Wildman–Crippen MR) is 173 cm³/mol. The Hall–Kier alpha value is -3.85. The van der Waals surface area contributed by atoms with Gasteiger partial charge in [0.1, 0.15) is 18.0 Å². The Kier molecular flexibility index (Phi) is 11.0. The monoisotopic (exact) mass is 621 g/mol. The molecule has 0 bridgehead atoms. The number of pyridine rings is 1. The van der Waals surface area contributed by atoms with Crippen molar-refractivity contribution in [3.63, 3.8) is 0 Å². The summed E-state index contributed by atoms with van der Waals surface area (Å²) < 4.78 is 30.9. The van der Waals surface area contributed by atoms with Gasteiger partial charge in [-0.05, 0) is 104 Å². The van der Waals surface area contributed by atoms with Crippen molar-refractivity contribution in [2.75, 3.05) is 19.6 Å². The molecule has 1 aromatic heterocycles. The number of halogens is 2. The number of aliphatic carboxylic acids is 1. The topological polar surface area (TPSA) is 91.6 Å². The van der Waals surface area contributed by atoms with Crippen LogP contribution in [-0.2, 0) is 16.0 Å². The molecule has 2 N–H and O–H groups in total. The molecular formula is C36H45F2N3O4. The molecule has 3 aromatic rings. The van der Waals surface area contributed by atoms with E-state index >= 15 is 4.39 Å². The number of alkyl halides is 1. The first-order valence-corrected chi connectivity index (χ1v) is 15.7. The average molecular weight is 622 g/mol. The molecule has 0 radical (unpaired) electrons. The van der Waals surface area contributed by atoms with Crippen LogP contribution in [0.15, 0.2) is 47.4 Å². The lowest BCUT2D eigenvalue weighted by molar-refractivity contribution is -0.138. The second-order valence-electron chi connectivity index (χ2n) is 12.9. The maximum absolute atomic E-state index is 15.8. The number of carboxylic acids is 1. The number of carbonyl (C=O) groups excluding carboxylic acids is 1. The second-order valence-corrected chi connectivity index (χ2v) is 12.9. The number of rotatable bonds is 12. The van der Waals surface area contributed by atoms with Crippen molar-refractivity contribution in [1.82, 2.24) is 14.8 Å². The molecule has 0 aliphatic carbocycles. The van der Waals surface area contributed by atoms with Crippen LogP contribution in [0.1, 0.15) is 78.6 Å². The number of hydrogen-bond donors (Lipinski definition) is 2. The zero-order valence-electron chi connectivity index (χ0n) is 27.1. The number of aromatic nitrogens is 1. The largest absolute Gasteiger partial charge is 0.481 e. The van der Waals surface area contributed by atoms with Gasteiger partial charge in [-0.25, -0.2) is 8.78 Å². The molecule has 0 saturated carbocycles. The lowest BCUT2D eigenvalue weighted by Crippen LogP contribution is -2.40. The van der Waals surface area contributed by atoms with E-state index in [0.717, 1.165) is 33.4 Å². The molecule has 2 aromatic carbocycles. The summed E-state index contributed by atoms with van der Waals surface area (Å²) in [7, 11) is 0. The first-order valence-electron chi connectivity index (χ1n) is 15.7. The molecule has 1 saturated heterocycles. The van der Waals surface area contributed by atoms with Gasteiger partial charge in [-0.1, -0.05) is 32.0 Å². The third kappa shape index (κ3) is 8.25. The van der Waals surface area contributed by atoms with Crippen LogP contribution < -0.4 is 10.9 Å². The van der Waals surface area contributed by atoms with Gasteiger partial charge in [-0.15, -0.1) is 0 Å². The Bertz CT molecular complexity index is 1600. The van der Waals surface area contributed by atoms with Gasteiger partial charge in [0.25, 0.3) is 5.56 Å². The Morgan fingerprint density at radius 2 is 1.73 bits per heavy atom. The van der Waals surface area contributed by atoms with Gasteiger partial charge in [-0.3, -0.25) is 14.4 Å². The number of carbonyl (C=O) groups is 2. The minimum absolute atomic E-state index is 0.0211. The minimum Gasteiger partial charge on any atom is -0.481 e. The molecule has 4 rings (SSSR count). The van der Waals surface area contributed by atoms with Crippen molar-refractivity contribution in [1.29, 1.82) is 0 Å². The van der Waals surface area contributed by atoms with E-state index in [9.17, 15) is 23.9 Å². The van der Waals surface area contributed by atoms with E-state index in [4.69, 9.17) is 0 Å². The average Bonchev–Trinajstić information content (AvgIpc) is 3.37. The molecule has 9 heteroatoms. The molecule has 7 nitrogen and oxygen atoms in total. The van der Waals surface area contributed by atoms with Gasteiger partial charge in [0.15, 0.2) is 0 Å².